The van der Waals surface area contributed by atoms with Crippen LogP contribution in [0.4, 0.5) is 5.69 Å². The summed E-state index contributed by atoms with van der Waals surface area (Å²) in [5.41, 5.74) is 5.32. The highest BCUT2D eigenvalue weighted by atomic mass is 16.5. The maximum absolute atomic E-state index is 5.70. The van der Waals surface area contributed by atoms with Gasteiger partial charge in [-0.05, 0) is 69.2 Å². The SMILES string of the molecule is Cc1ccc(N2N=NC3CCC(C4=CCCC4)C32N2CCOCC2)cc1C. The molecule has 5 nitrogen and oxygen atoms in total. The fourth-order valence-corrected chi connectivity index (χ4v) is 5.67. The van der Waals surface area contributed by atoms with Gasteiger partial charge >= 0.3 is 0 Å². The van der Waals surface area contributed by atoms with Crippen molar-refractivity contribution in [1.82, 2.24) is 4.90 Å². The van der Waals surface area contributed by atoms with Crippen molar-refractivity contribution in [3.05, 3.63) is 41.0 Å². The Kier molecular flexibility index (Phi) is 4.32. The predicted octanol–water partition coefficient (Wildman–Crippen LogP) is 4.41. The molecule has 2 fully saturated rings. The van der Waals surface area contributed by atoms with Crippen LogP contribution in [0.2, 0.25) is 0 Å². The maximum Gasteiger partial charge on any atom is 0.148 e. The molecular weight excluding hydrogens is 336 g/mol. The number of rotatable bonds is 3. The Morgan fingerprint density at radius 3 is 2.70 bits per heavy atom. The topological polar surface area (TPSA) is 40.4 Å². The van der Waals surface area contributed by atoms with E-state index in [4.69, 9.17) is 15.1 Å². The zero-order valence-electron chi connectivity index (χ0n) is 16.5. The van der Waals surface area contributed by atoms with E-state index in [0.29, 0.717) is 5.92 Å². The molecule has 0 radical (unpaired) electrons. The fraction of sp³-hybridized carbons (Fsp3) is 0.636. The van der Waals surface area contributed by atoms with Crippen LogP contribution in [0.5, 0.6) is 0 Å². The van der Waals surface area contributed by atoms with E-state index in [1.807, 2.05) is 0 Å². The summed E-state index contributed by atoms with van der Waals surface area (Å²) in [6.45, 7) is 7.91. The highest BCUT2D eigenvalue weighted by molar-refractivity contribution is 5.54. The maximum atomic E-state index is 5.70. The molecule has 2 aliphatic heterocycles. The number of anilines is 1. The largest absolute Gasteiger partial charge is 0.379 e. The second kappa shape index (κ2) is 6.71. The Labute approximate surface area is 162 Å². The van der Waals surface area contributed by atoms with Gasteiger partial charge in [0.2, 0.25) is 0 Å². The Hall–Kier alpha value is -1.72. The summed E-state index contributed by atoms with van der Waals surface area (Å²) in [6.07, 6.45) is 8.62. The third-order valence-electron chi connectivity index (χ3n) is 7.13. The van der Waals surface area contributed by atoms with Crippen molar-refractivity contribution in [3.63, 3.8) is 0 Å². The molecule has 1 aromatic carbocycles. The first-order chi connectivity index (χ1) is 13.2. The summed E-state index contributed by atoms with van der Waals surface area (Å²) < 4.78 is 5.70. The second-order valence-electron chi connectivity index (χ2n) is 8.48. The van der Waals surface area contributed by atoms with Crippen molar-refractivity contribution in [2.24, 2.45) is 16.3 Å². The van der Waals surface area contributed by atoms with E-state index >= 15 is 0 Å². The van der Waals surface area contributed by atoms with Crippen LogP contribution >= 0.6 is 0 Å². The molecule has 0 aromatic heterocycles. The molecular formula is C22H30N4O. The highest BCUT2D eigenvalue weighted by Crippen LogP contribution is 2.54. The van der Waals surface area contributed by atoms with Gasteiger partial charge in [0, 0.05) is 19.0 Å². The summed E-state index contributed by atoms with van der Waals surface area (Å²) in [6, 6.07) is 6.99. The normalized spacial score (nSPS) is 33.6. The van der Waals surface area contributed by atoms with Gasteiger partial charge in [-0.3, -0.25) is 4.90 Å². The molecule has 5 rings (SSSR count). The molecule has 3 atom stereocenters. The molecule has 0 spiro atoms. The van der Waals surface area contributed by atoms with Gasteiger partial charge in [0.25, 0.3) is 0 Å². The van der Waals surface area contributed by atoms with Gasteiger partial charge in [-0.2, -0.15) is 5.11 Å². The van der Waals surface area contributed by atoms with Gasteiger partial charge in [0.05, 0.1) is 18.9 Å². The zero-order chi connectivity index (χ0) is 18.4. The lowest BCUT2D eigenvalue weighted by atomic mass is 9.84. The number of morpholine rings is 1. The highest BCUT2D eigenvalue weighted by Gasteiger charge is 2.62. The first kappa shape index (κ1) is 17.4. The molecule has 2 heterocycles. The van der Waals surface area contributed by atoms with Gasteiger partial charge in [-0.1, -0.05) is 22.9 Å². The van der Waals surface area contributed by atoms with E-state index in [1.165, 1.54) is 42.5 Å². The van der Waals surface area contributed by atoms with E-state index in [-0.39, 0.29) is 11.7 Å². The van der Waals surface area contributed by atoms with Gasteiger partial charge in [0.15, 0.2) is 0 Å². The standard InChI is InChI=1S/C22H30N4O/c1-16-7-8-19(15-17(16)2)26-22(25-11-13-27-14-12-25)20(18-5-3-4-6-18)9-10-21(22)23-24-26/h5,7-8,15,20-21H,3-4,6,9-14H2,1-2H3. The van der Waals surface area contributed by atoms with E-state index in [0.717, 1.165) is 32.7 Å². The summed E-state index contributed by atoms with van der Waals surface area (Å²) in [5, 5.41) is 11.9. The second-order valence-corrected chi connectivity index (χ2v) is 8.48. The Morgan fingerprint density at radius 2 is 1.96 bits per heavy atom. The number of hydrogen-bond donors (Lipinski definition) is 0. The summed E-state index contributed by atoms with van der Waals surface area (Å²) in [4.78, 5) is 2.65. The lowest BCUT2D eigenvalue weighted by Crippen LogP contribution is -2.66. The van der Waals surface area contributed by atoms with E-state index < -0.39 is 0 Å². The third-order valence-corrected chi connectivity index (χ3v) is 7.13. The fourth-order valence-electron chi connectivity index (χ4n) is 5.67. The van der Waals surface area contributed by atoms with Gasteiger partial charge in [-0.25, -0.2) is 5.01 Å². The number of benzene rings is 1. The number of allylic oxidation sites excluding steroid dienone is 1. The van der Waals surface area contributed by atoms with Crippen LogP contribution < -0.4 is 5.01 Å². The molecule has 4 aliphatic rings. The van der Waals surface area contributed by atoms with Crippen molar-refractivity contribution in [2.45, 2.75) is 57.7 Å². The van der Waals surface area contributed by atoms with Crippen LogP contribution in [0, 0.1) is 19.8 Å². The van der Waals surface area contributed by atoms with Gasteiger partial charge in [-0.15, -0.1) is 0 Å². The van der Waals surface area contributed by atoms with Crippen molar-refractivity contribution >= 4 is 5.69 Å². The molecule has 27 heavy (non-hydrogen) atoms. The van der Waals surface area contributed by atoms with Crippen molar-refractivity contribution in [3.8, 4) is 0 Å². The number of nitrogens with zero attached hydrogens (tertiary/aromatic N) is 4. The van der Waals surface area contributed by atoms with Crippen LogP contribution in [-0.2, 0) is 4.74 Å². The number of hydrogen-bond acceptors (Lipinski definition) is 5. The minimum atomic E-state index is -0.151. The first-order valence-electron chi connectivity index (χ1n) is 10.5. The lowest BCUT2D eigenvalue weighted by molar-refractivity contribution is -0.0340. The summed E-state index contributed by atoms with van der Waals surface area (Å²) in [7, 11) is 0. The molecule has 1 saturated heterocycles. The van der Waals surface area contributed by atoms with Gasteiger partial charge < -0.3 is 4.74 Å². The smallest absolute Gasteiger partial charge is 0.148 e. The Bertz CT molecular complexity index is 783. The summed E-state index contributed by atoms with van der Waals surface area (Å²) in [5.74, 6) is 0.514. The van der Waals surface area contributed by atoms with Crippen molar-refractivity contribution < 1.29 is 4.74 Å². The van der Waals surface area contributed by atoms with E-state index in [2.05, 4.69) is 48.0 Å². The number of ether oxygens (including phenoxy) is 1. The monoisotopic (exact) mass is 366 g/mol. The van der Waals surface area contributed by atoms with Gasteiger partial charge in [0.1, 0.15) is 11.7 Å². The predicted molar refractivity (Wildman–Crippen MR) is 107 cm³/mol. The first-order valence-corrected chi connectivity index (χ1v) is 10.5. The summed E-state index contributed by atoms with van der Waals surface area (Å²) >= 11 is 0. The number of aryl methyl sites for hydroxylation is 2. The van der Waals surface area contributed by atoms with Crippen LogP contribution in [0.15, 0.2) is 40.2 Å². The van der Waals surface area contributed by atoms with Crippen molar-refractivity contribution in [1.29, 1.82) is 0 Å². The average molecular weight is 367 g/mol. The molecule has 144 valence electrons. The Morgan fingerprint density at radius 1 is 1.11 bits per heavy atom. The van der Waals surface area contributed by atoms with E-state index in [1.54, 1.807) is 5.57 Å². The van der Waals surface area contributed by atoms with Crippen LogP contribution in [-0.4, -0.2) is 42.9 Å². The molecule has 0 bridgehead atoms. The minimum Gasteiger partial charge on any atom is -0.379 e. The third kappa shape index (κ3) is 2.59. The quantitative estimate of drug-likeness (QED) is 0.744. The van der Waals surface area contributed by atoms with Crippen LogP contribution in [0.25, 0.3) is 0 Å². The van der Waals surface area contributed by atoms with Crippen LogP contribution in [0.3, 0.4) is 0 Å². The lowest BCUT2D eigenvalue weighted by Gasteiger charge is -2.50. The molecule has 5 heteroatoms. The Balaban J connectivity index is 1.62. The van der Waals surface area contributed by atoms with Crippen molar-refractivity contribution in [2.75, 3.05) is 31.3 Å². The molecule has 3 unspecified atom stereocenters. The molecule has 1 aromatic rings. The van der Waals surface area contributed by atoms with E-state index in [9.17, 15) is 0 Å². The molecule has 2 aliphatic carbocycles. The van der Waals surface area contributed by atoms with Crippen LogP contribution in [0.1, 0.15) is 43.2 Å². The molecule has 0 N–H and O–H groups in total. The molecule has 1 saturated carbocycles. The molecule has 0 amide bonds. The number of fused-ring (bicyclic) bond motifs is 1. The minimum absolute atomic E-state index is 0.151. The zero-order valence-corrected chi connectivity index (χ0v) is 16.5. The average Bonchev–Trinajstić information content (AvgIpc) is 3.40.